The lowest BCUT2D eigenvalue weighted by molar-refractivity contribution is 0.215. The molecule has 1 saturated carbocycles. The highest BCUT2D eigenvalue weighted by molar-refractivity contribution is 5.83. The summed E-state index contributed by atoms with van der Waals surface area (Å²) < 4.78 is 2.13. The fourth-order valence-electron chi connectivity index (χ4n) is 4.59. The number of fused-ring (bicyclic) bond motifs is 2. The molecular formula is C23H28N8. The van der Waals surface area contributed by atoms with Crippen molar-refractivity contribution < 1.29 is 0 Å². The van der Waals surface area contributed by atoms with E-state index in [0.717, 1.165) is 65.5 Å². The van der Waals surface area contributed by atoms with Crippen molar-refractivity contribution in [3.63, 3.8) is 0 Å². The van der Waals surface area contributed by atoms with Crippen molar-refractivity contribution in [1.82, 2.24) is 34.6 Å². The van der Waals surface area contributed by atoms with Crippen molar-refractivity contribution in [3.8, 4) is 0 Å². The van der Waals surface area contributed by atoms with E-state index >= 15 is 0 Å². The molecule has 1 aliphatic heterocycles. The fourth-order valence-corrected chi connectivity index (χ4v) is 4.59. The molecule has 0 unspecified atom stereocenters. The maximum absolute atomic E-state index is 5.01. The Morgan fingerprint density at radius 1 is 1.10 bits per heavy atom. The van der Waals surface area contributed by atoms with Crippen LogP contribution in [0.2, 0.25) is 0 Å². The van der Waals surface area contributed by atoms with Crippen molar-refractivity contribution in [2.45, 2.75) is 51.1 Å². The molecule has 0 radical (unpaired) electrons. The molecule has 8 heteroatoms. The number of aromatic nitrogens is 6. The van der Waals surface area contributed by atoms with Gasteiger partial charge in [0, 0.05) is 12.1 Å². The number of hydrogen-bond acceptors (Lipinski definition) is 6. The number of para-hydroxylation sites is 1. The summed E-state index contributed by atoms with van der Waals surface area (Å²) in [4.78, 5) is 20.4. The lowest BCUT2D eigenvalue weighted by Crippen LogP contribution is -2.32. The third-order valence-corrected chi connectivity index (χ3v) is 6.64. The van der Waals surface area contributed by atoms with Crippen LogP contribution in [-0.2, 0) is 6.54 Å². The second kappa shape index (κ2) is 7.30. The second-order valence-electron chi connectivity index (χ2n) is 9.08. The van der Waals surface area contributed by atoms with Gasteiger partial charge in [-0.05, 0) is 64.4 Å². The van der Waals surface area contributed by atoms with Gasteiger partial charge in [-0.2, -0.15) is 5.10 Å². The van der Waals surface area contributed by atoms with Gasteiger partial charge in [-0.3, -0.25) is 0 Å². The third-order valence-electron chi connectivity index (χ3n) is 6.64. The minimum Gasteiger partial charge on any atom is -0.360 e. The highest BCUT2D eigenvalue weighted by Gasteiger charge is 2.28. The van der Waals surface area contributed by atoms with Crippen LogP contribution in [0.25, 0.3) is 22.2 Å². The number of piperidine rings is 1. The molecule has 0 amide bonds. The van der Waals surface area contributed by atoms with E-state index in [2.05, 4.69) is 52.1 Å². The number of aromatic amines is 1. The van der Waals surface area contributed by atoms with Gasteiger partial charge in [-0.1, -0.05) is 12.1 Å². The van der Waals surface area contributed by atoms with Gasteiger partial charge >= 0.3 is 0 Å². The zero-order valence-electron chi connectivity index (χ0n) is 18.1. The number of hydrogen-bond donors (Lipinski definition) is 2. The van der Waals surface area contributed by atoms with Gasteiger partial charge in [-0.15, -0.1) is 0 Å². The van der Waals surface area contributed by atoms with Crippen LogP contribution in [-0.4, -0.2) is 54.8 Å². The van der Waals surface area contributed by atoms with Gasteiger partial charge in [-0.25, -0.2) is 19.6 Å². The first-order valence-corrected chi connectivity index (χ1v) is 11.3. The number of nitrogens with zero attached hydrogens (tertiary/aromatic N) is 6. The van der Waals surface area contributed by atoms with Crippen LogP contribution in [0.3, 0.4) is 0 Å². The maximum Gasteiger partial charge on any atom is 0.179 e. The topological polar surface area (TPSA) is 87.5 Å². The summed E-state index contributed by atoms with van der Waals surface area (Å²) in [7, 11) is 2.18. The van der Waals surface area contributed by atoms with E-state index in [1.54, 1.807) is 0 Å². The van der Waals surface area contributed by atoms with Gasteiger partial charge in [0.25, 0.3) is 0 Å². The Kier molecular flexibility index (Phi) is 4.41. The van der Waals surface area contributed by atoms with E-state index in [9.17, 15) is 0 Å². The van der Waals surface area contributed by atoms with E-state index in [1.807, 2.05) is 6.20 Å². The summed E-state index contributed by atoms with van der Waals surface area (Å²) in [5.74, 6) is 2.27. The van der Waals surface area contributed by atoms with Crippen molar-refractivity contribution in [2.75, 3.05) is 25.5 Å². The number of imidazole rings is 1. The van der Waals surface area contributed by atoms with Crippen molar-refractivity contribution in [2.24, 2.45) is 0 Å². The Bertz CT molecular complexity index is 1240. The molecule has 2 aliphatic rings. The lowest BCUT2D eigenvalue weighted by atomic mass is 10.1. The first-order chi connectivity index (χ1) is 15.2. The number of H-pyrrole nitrogens is 1. The van der Waals surface area contributed by atoms with Crippen LogP contribution in [0.4, 0.5) is 5.82 Å². The molecule has 1 aliphatic carbocycles. The number of anilines is 1. The smallest absolute Gasteiger partial charge is 0.179 e. The zero-order chi connectivity index (χ0) is 20.9. The first-order valence-electron chi connectivity index (χ1n) is 11.3. The summed E-state index contributed by atoms with van der Waals surface area (Å²) in [6, 6.07) is 6.57. The van der Waals surface area contributed by atoms with Gasteiger partial charge in [0.05, 0.1) is 29.3 Å². The zero-order valence-corrected chi connectivity index (χ0v) is 18.1. The molecule has 2 N–H and O–H groups in total. The predicted octanol–water partition coefficient (Wildman–Crippen LogP) is 3.77. The Morgan fingerprint density at radius 2 is 1.94 bits per heavy atom. The molecule has 0 spiro atoms. The highest BCUT2D eigenvalue weighted by atomic mass is 15.4. The fraction of sp³-hybridized carbons (Fsp3) is 0.478. The molecule has 3 aromatic heterocycles. The molecule has 6 rings (SSSR count). The van der Waals surface area contributed by atoms with E-state index in [-0.39, 0.29) is 0 Å². The Hall–Kier alpha value is -3.00. The first kappa shape index (κ1) is 18.7. The Morgan fingerprint density at radius 3 is 2.71 bits per heavy atom. The van der Waals surface area contributed by atoms with Crippen LogP contribution in [0.15, 0.2) is 24.4 Å². The quantitative estimate of drug-likeness (QED) is 0.515. The minimum absolute atomic E-state index is 0.367. The molecule has 31 heavy (non-hydrogen) atoms. The maximum atomic E-state index is 5.01. The van der Waals surface area contributed by atoms with Crippen LogP contribution >= 0.6 is 0 Å². The lowest BCUT2D eigenvalue weighted by Gasteiger charge is -2.29. The van der Waals surface area contributed by atoms with Gasteiger partial charge in [0.1, 0.15) is 5.82 Å². The molecule has 1 saturated heterocycles. The normalized spacial score (nSPS) is 18.3. The van der Waals surface area contributed by atoms with Gasteiger partial charge in [0.15, 0.2) is 17.0 Å². The number of rotatable bonds is 5. The van der Waals surface area contributed by atoms with Crippen LogP contribution in [0.1, 0.15) is 54.7 Å². The van der Waals surface area contributed by atoms with Crippen molar-refractivity contribution in [1.29, 1.82) is 0 Å². The summed E-state index contributed by atoms with van der Waals surface area (Å²) in [5, 5.41) is 8.44. The van der Waals surface area contributed by atoms with Crippen molar-refractivity contribution >= 4 is 28.0 Å². The molecule has 4 heterocycles. The second-order valence-corrected chi connectivity index (χ2v) is 9.08. The monoisotopic (exact) mass is 416 g/mol. The van der Waals surface area contributed by atoms with Crippen LogP contribution in [0, 0.1) is 6.92 Å². The van der Waals surface area contributed by atoms with E-state index in [0.29, 0.717) is 18.5 Å². The summed E-state index contributed by atoms with van der Waals surface area (Å²) >= 11 is 0. The van der Waals surface area contributed by atoms with Gasteiger partial charge in [0.2, 0.25) is 0 Å². The number of aryl methyl sites for hydroxylation is 1. The SMILES string of the molecule is Cc1cccc2[nH]c(CNc3nn(C4CCN(C)CC4)c4nc(C5CC5)cnc34)nc12. The standard InChI is InChI=1S/C23H28N8/c1-14-4-3-5-17-20(14)28-19(26-17)13-25-22-21-23(27-18(12-24-21)15-6-7-15)31(29-22)16-8-10-30(2)11-9-16/h3-5,12,15-16H,6-11,13H2,1-2H3,(H,25,29)(H,26,28). The summed E-state index contributed by atoms with van der Waals surface area (Å²) in [6.45, 7) is 4.83. The minimum atomic E-state index is 0.367. The van der Waals surface area contributed by atoms with Crippen molar-refractivity contribution in [3.05, 3.63) is 41.5 Å². The molecule has 0 atom stereocenters. The average Bonchev–Trinajstić information content (AvgIpc) is 3.44. The van der Waals surface area contributed by atoms with E-state index in [4.69, 9.17) is 20.1 Å². The van der Waals surface area contributed by atoms with E-state index < -0.39 is 0 Å². The Balaban J connectivity index is 1.33. The molecule has 4 aromatic rings. The van der Waals surface area contributed by atoms with Gasteiger partial charge < -0.3 is 15.2 Å². The number of benzene rings is 1. The van der Waals surface area contributed by atoms with Crippen LogP contribution < -0.4 is 5.32 Å². The number of likely N-dealkylation sites (tertiary alicyclic amines) is 1. The predicted molar refractivity (Wildman–Crippen MR) is 121 cm³/mol. The van der Waals surface area contributed by atoms with E-state index in [1.165, 1.54) is 18.4 Å². The molecule has 8 nitrogen and oxygen atoms in total. The highest BCUT2D eigenvalue weighted by Crippen LogP contribution is 2.39. The average molecular weight is 417 g/mol. The molecule has 0 bridgehead atoms. The largest absolute Gasteiger partial charge is 0.360 e. The molecule has 2 fully saturated rings. The molecular weight excluding hydrogens is 388 g/mol. The summed E-state index contributed by atoms with van der Waals surface area (Å²) in [6.07, 6.45) is 6.56. The van der Waals surface area contributed by atoms with Crippen LogP contribution in [0.5, 0.6) is 0 Å². The molecule has 160 valence electrons. The number of nitrogens with one attached hydrogen (secondary N) is 2. The summed E-state index contributed by atoms with van der Waals surface area (Å²) in [5.41, 5.74) is 6.15. The molecule has 1 aromatic carbocycles. The third kappa shape index (κ3) is 3.44. The Labute approximate surface area is 181 Å².